The zero-order valence-corrected chi connectivity index (χ0v) is 12.4. The Kier molecular flexibility index (Phi) is 4.04. The van der Waals surface area contributed by atoms with Crippen LogP contribution in [-0.2, 0) is 10.0 Å². The SMILES string of the molecule is CC(NS(=O)(=O)c1ccc(C(N)=S)s1)c1ccco1. The van der Waals surface area contributed by atoms with Gasteiger partial charge in [0.05, 0.1) is 17.2 Å². The molecule has 0 amide bonds. The molecule has 3 N–H and O–H groups in total. The highest BCUT2D eigenvalue weighted by Gasteiger charge is 2.21. The fourth-order valence-corrected chi connectivity index (χ4v) is 4.06. The molecule has 0 aliphatic rings. The summed E-state index contributed by atoms with van der Waals surface area (Å²) in [4.78, 5) is 0.756. The molecule has 2 aromatic heterocycles. The average molecular weight is 316 g/mol. The van der Waals surface area contributed by atoms with E-state index >= 15 is 0 Å². The monoisotopic (exact) mass is 316 g/mol. The van der Waals surface area contributed by atoms with Gasteiger partial charge in [0.25, 0.3) is 10.0 Å². The zero-order valence-electron chi connectivity index (χ0n) is 9.99. The van der Waals surface area contributed by atoms with Crippen molar-refractivity contribution < 1.29 is 12.8 Å². The molecule has 0 saturated heterocycles. The number of sulfonamides is 1. The molecule has 5 nitrogen and oxygen atoms in total. The predicted octanol–water partition coefficient (Wildman–Crippen LogP) is 2.01. The Hall–Kier alpha value is -1.22. The van der Waals surface area contributed by atoms with E-state index in [1.165, 1.54) is 12.3 Å². The third-order valence-electron chi connectivity index (χ3n) is 2.39. The third-order valence-corrected chi connectivity index (χ3v) is 5.89. The predicted molar refractivity (Wildman–Crippen MR) is 77.7 cm³/mol. The molecule has 19 heavy (non-hydrogen) atoms. The Morgan fingerprint density at radius 1 is 1.47 bits per heavy atom. The lowest BCUT2D eigenvalue weighted by Gasteiger charge is -2.10. The van der Waals surface area contributed by atoms with Gasteiger partial charge in [-0.2, -0.15) is 0 Å². The van der Waals surface area contributed by atoms with Crippen molar-refractivity contribution in [3.63, 3.8) is 0 Å². The molecule has 0 bridgehead atoms. The van der Waals surface area contributed by atoms with Crippen molar-refractivity contribution in [2.24, 2.45) is 5.73 Å². The van der Waals surface area contributed by atoms with E-state index in [1.54, 1.807) is 25.1 Å². The first-order chi connectivity index (χ1) is 8.90. The summed E-state index contributed by atoms with van der Waals surface area (Å²) in [7, 11) is -3.60. The Balaban J connectivity index is 2.20. The highest BCUT2D eigenvalue weighted by Crippen LogP contribution is 2.23. The molecule has 1 unspecified atom stereocenters. The van der Waals surface area contributed by atoms with Crippen LogP contribution in [0.3, 0.4) is 0 Å². The Morgan fingerprint density at radius 2 is 2.21 bits per heavy atom. The summed E-state index contributed by atoms with van der Waals surface area (Å²) in [6.45, 7) is 1.71. The summed E-state index contributed by atoms with van der Waals surface area (Å²) in [6.07, 6.45) is 1.50. The summed E-state index contributed by atoms with van der Waals surface area (Å²) < 4.78 is 32.2. The second-order valence-electron chi connectivity index (χ2n) is 3.84. The molecule has 102 valence electrons. The summed E-state index contributed by atoms with van der Waals surface area (Å²) in [5.41, 5.74) is 5.46. The lowest BCUT2D eigenvalue weighted by Crippen LogP contribution is -2.25. The van der Waals surface area contributed by atoms with Gasteiger partial charge in [0, 0.05) is 0 Å². The summed E-state index contributed by atoms with van der Waals surface area (Å²) in [5, 5.41) is 0. The largest absolute Gasteiger partial charge is 0.468 e. The summed E-state index contributed by atoms with van der Waals surface area (Å²) in [5.74, 6) is 0.551. The maximum Gasteiger partial charge on any atom is 0.250 e. The minimum Gasteiger partial charge on any atom is -0.468 e. The topological polar surface area (TPSA) is 85.3 Å². The van der Waals surface area contributed by atoms with Crippen molar-refractivity contribution >= 4 is 38.6 Å². The zero-order chi connectivity index (χ0) is 14.0. The molecule has 0 aliphatic heterocycles. The number of thiophene rings is 1. The highest BCUT2D eigenvalue weighted by atomic mass is 32.2. The van der Waals surface area contributed by atoms with Crippen molar-refractivity contribution in [2.45, 2.75) is 17.2 Å². The van der Waals surface area contributed by atoms with Crippen LogP contribution in [0.2, 0.25) is 0 Å². The van der Waals surface area contributed by atoms with Crippen LogP contribution in [0.1, 0.15) is 23.6 Å². The molecule has 0 saturated carbocycles. The lowest BCUT2D eigenvalue weighted by molar-refractivity contribution is 0.459. The number of thiocarbonyl (C=S) groups is 1. The van der Waals surface area contributed by atoms with Gasteiger partial charge >= 0.3 is 0 Å². The molecule has 0 aromatic carbocycles. The molecule has 8 heteroatoms. The van der Waals surface area contributed by atoms with E-state index in [0.29, 0.717) is 10.6 Å². The van der Waals surface area contributed by atoms with Crippen LogP contribution < -0.4 is 10.5 Å². The van der Waals surface area contributed by atoms with Crippen LogP contribution in [0.5, 0.6) is 0 Å². The quantitative estimate of drug-likeness (QED) is 0.824. The number of nitrogens with two attached hydrogens (primary N) is 1. The molecule has 2 heterocycles. The summed E-state index contributed by atoms with van der Waals surface area (Å²) >= 11 is 5.85. The fraction of sp³-hybridized carbons (Fsp3) is 0.182. The molecule has 0 fully saturated rings. The smallest absolute Gasteiger partial charge is 0.250 e. The van der Waals surface area contributed by atoms with Gasteiger partial charge in [0.1, 0.15) is 15.0 Å². The van der Waals surface area contributed by atoms with Crippen molar-refractivity contribution in [1.29, 1.82) is 0 Å². The van der Waals surface area contributed by atoms with Crippen LogP contribution in [0.15, 0.2) is 39.2 Å². The van der Waals surface area contributed by atoms with Crippen LogP contribution in [0.25, 0.3) is 0 Å². The van der Waals surface area contributed by atoms with Crippen molar-refractivity contribution in [3.8, 4) is 0 Å². The van der Waals surface area contributed by atoms with Gasteiger partial charge in [-0.1, -0.05) is 12.2 Å². The van der Waals surface area contributed by atoms with Crippen LogP contribution in [0, 0.1) is 0 Å². The minimum atomic E-state index is -3.60. The maximum atomic E-state index is 12.1. The number of hydrogen-bond donors (Lipinski definition) is 2. The number of hydrogen-bond acceptors (Lipinski definition) is 5. The lowest BCUT2D eigenvalue weighted by atomic mass is 10.3. The van der Waals surface area contributed by atoms with E-state index in [1.807, 2.05) is 0 Å². The molecule has 0 radical (unpaired) electrons. The summed E-state index contributed by atoms with van der Waals surface area (Å²) in [6, 6.07) is 6.05. The Morgan fingerprint density at radius 3 is 2.74 bits per heavy atom. The molecule has 0 spiro atoms. The van der Waals surface area contributed by atoms with Crippen molar-refractivity contribution in [2.75, 3.05) is 0 Å². The van der Waals surface area contributed by atoms with E-state index in [0.717, 1.165) is 11.3 Å². The van der Waals surface area contributed by atoms with Gasteiger partial charge in [-0.05, 0) is 31.2 Å². The van der Waals surface area contributed by atoms with Crippen LogP contribution in [-0.4, -0.2) is 13.4 Å². The normalized spacial score (nSPS) is 13.3. The van der Waals surface area contributed by atoms with E-state index < -0.39 is 16.1 Å². The maximum absolute atomic E-state index is 12.1. The second-order valence-corrected chi connectivity index (χ2v) is 7.31. The molecular formula is C11H12N2O3S3. The van der Waals surface area contributed by atoms with Gasteiger partial charge in [-0.15, -0.1) is 11.3 Å². The number of nitrogens with one attached hydrogen (secondary N) is 1. The van der Waals surface area contributed by atoms with E-state index in [-0.39, 0.29) is 9.20 Å². The van der Waals surface area contributed by atoms with E-state index in [9.17, 15) is 8.42 Å². The van der Waals surface area contributed by atoms with E-state index in [4.69, 9.17) is 22.4 Å². The standard InChI is InChI=1S/C11H12N2O3S3/c1-7(8-3-2-6-16-8)13-19(14,15)10-5-4-9(18-10)11(12)17/h2-7,13H,1H3,(H2,12,17). The fourth-order valence-electron chi connectivity index (χ4n) is 1.48. The molecule has 2 aromatic rings. The van der Waals surface area contributed by atoms with Gasteiger partial charge < -0.3 is 10.2 Å². The van der Waals surface area contributed by atoms with Crippen LogP contribution >= 0.6 is 23.6 Å². The molecule has 0 aliphatic carbocycles. The van der Waals surface area contributed by atoms with Crippen molar-refractivity contribution in [3.05, 3.63) is 41.2 Å². The van der Waals surface area contributed by atoms with Crippen molar-refractivity contribution in [1.82, 2.24) is 4.72 Å². The highest BCUT2D eigenvalue weighted by molar-refractivity contribution is 7.91. The molecule has 2 rings (SSSR count). The first-order valence-corrected chi connectivity index (χ1v) is 8.06. The average Bonchev–Trinajstić information content (AvgIpc) is 3.00. The molecule has 1 atom stereocenters. The molecular weight excluding hydrogens is 304 g/mol. The van der Waals surface area contributed by atoms with Gasteiger partial charge in [-0.25, -0.2) is 13.1 Å². The van der Waals surface area contributed by atoms with Crippen LogP contribution in [0.4, 0.5) is 0 Å². The minimum absolute atomic E-state index is 0.175. The first kappa shape index (κ1) is 14.2. The number of furan rings is 1. The van der Waals surface area contributed by atoms with Gasteiger partial charge in [0.15, 0.2) is 0 Å². The second kappa shape index (κ2) is 5.41. The van der Waals surface area contributed by atoms with Gasteiger partial charge in [0.2, 0.25) is 0 Å². The Bertz CT molecular complexity index is 674. The van der Waals surface area contributed by atoms with E-state index in [2.05, 4.69) is 4.72 Å². The Labute approximate surface area is 120 Å². The van der Waals surface area contributed by atoms with Gasteiger partial charge in [-0.3, -0.25) is 0 Å². The first-order valence-electron chi connectivity index (χ1n) is 5.35. The third kappa shape index (κ3) is 3.21. The number of rotatable bonds is 5.